The average Bonchev–Trinajstić information content (AvgIpc) is 2.82. The summed E-state index contributed by atoms with van der Waals surface area (Å²) >= 11 is 9.65. The summed E-state index contributed by atoms with van der Waals surface area (Å²) in [5.41, 5.74) is 1.38. The molecule has 0 aliphatic heterocycles. The van der Waals surface area contributed by atoms with Gasteiger partial charge in [0.25, 0.3) is 0 Å². The minimum Gasteiger partial charge on any atom is -0.236 e. The number of hydrogen-bond acceptors (Lipinski definition) is 2. The van der Waals surface area contributed by atoms with Gasteiger partial charge in [0.15, 0.2) is 0 Å². The summed E-state index contributed by atoms with van der Waals surface area (Å²) < 4.78 is 0.857. The summed E-state index contributed by atoms with van der Waals surface area (Å²) in [6.45, 7) is 8.87. The SMILES string of the molecule is CC(C)Cc1nc(C2CC2(C)C)nc(Cl)c1Br. The fraction of sp³-hybridized carbons (Fsp3) is 0.692. The Bertz CT molecular complexity index is 443. The maximum absolute atomic E-state index is 6.17. The van der Waals surface area contributed by atoms with Crippen LogP contribution in [0, 0.1) is 11.3 Å². The van der Waals surface area contributed by atoms with Crippen molar-refractivity contribution >= 4 is 27.5 Å². The standard InChI is InChI=1S/C13H18BrClN2/c1-7(2)5-9-10(14)11(15)17-12(16-9)8-6-13(8,3)4/h7-8H,5-6H2,1-4H3. The first kappa shape index (κ1) is 13.3. The molecule has 1 aromatic heterocycles. The molecule has 1 aromatic rings. The maximum atomic E-state index is 6.17. The minimum absolute atomic E-state index is 0.340. The zero-order valence-electron chi connectivity index (χ0n) is 10.7. The summed E-state index contributed by atoms with van der Waals surface area (Å²) in [7, 11) is 0. The molecule has 0 radical (unpaired) electrons. The van der Waals surface area contributed by atoms with E-state index in [0.717, 1.165) is 28.8 Å². The van der Waals surface area contributed by atoms with E-state index in [2.05, 4.69) is 53.6 Å². The highest BCUT2D eigenvalue weighted by atomic mass is 79.9. The fourth-order valence-corrected chi connectivity index (χ4v) is 2.60. The van der Waals surface area contributed by atoms with Crippen LogP contribution in [-0.2, 0) is 6.42 Å². The Balaban J connectivity index is 2.33. The topological polar surface area (TPSA) is 25.8 Å². The second-order valence-electron chi connectivity index (χ2n) is 5.98. The van der Waals surface area contributed by atoms with Crippen LogP contribution in [0.5, 0.6) is 0 Å². The van der Waals surface area contributed by atoms with E-state index in [1.54, 1.807) is 0 Å². The van der Waals surface area contributed by atoms with Crippen LogP contribution in [0.3, 0.4) is 0 Å². The van der Waals surface area contributed by atoms with Crippen molar-refractivity contribution in [2.24, 2.45) is 11.3 Å². The highest BCUT2D eigenvalue weighted by molar-refractivity contribution is 9.10. The van der Waals surface area contributed by atoms with E-state index in [-0.39, 0.29) is 0 Å². The fourth-order valence-electron chi connectivity index (χ4n) is 2.07. The van der Waals surface area contributed by atoms with Crippen molar-refractivity contribution in [2.75, 3.05) is 0 Å². The van der Waals surface area contributed by atoms with Gasteiger partial charge in [-0.3, -0.25) is 0 Å². The van der Waals surface area contributed by atoms with Crippen molar-refractivity contribution in [3.8, 4) is 0 Å². The van der Waals surface area contributed by atoms with E-state index in [4.69, 9.17) is 11.6 Å². The molecule has 1 aliphatic rings. The first-order valence-corrected chi connectivity index (χ1v) is 7.20. The molecule has 0 spiro atoms. The van der Waals surface area contributed by atoms with Crippen molar-refractivity contribution in [1.29, 1.82) is 0 Å². The van der Waals surface area contributed by atoms with E-state index < -0.39 is 0 Å². The van der Waals surface area contributed by atoms with Gasteiger partial charge in [0.05, 0.1) is 10.2 Å². The number of halogens is 2. The Labute approximate surface area is 116 Å². The number of aromatic nitrogens is 2. The third kappa shape index (κ3) is 2.82. The van der Waals surface area contributed by atoms with Crippen LogP contribution in [0.4, 0.5) is 0 Å². The van der Waals surface area contributed by atoms with Crippen LogP contribution in [0.25, 0.3) is 0 Å². The van der Waals surface area contributed by atoms with E-state index in [1.165, 1.54) is 0 Å². The Kier molecular flexibility index (Phi) is 3.52. The van der Waals surface area contributed by atoms with Crippen molar-refractivity contribution in [2.45, 2.75) is 46.5 Å². The van der Waals surface area contributed by atoms with Crippen LogP contribution in [0.15, 0.2) is 4.47 Å². The van der Waals surface area contributed by atoms with Gasteiger partial charge in [-0.2, -0.15) is 0 Å². The molecular weight excluding hydrogens is 300 g/mol. The molecule has 0 amide bonds. The van der Waals surface area contributed by atoms with Gasteiger partial charge in [-0.15, -0.1) is 0 Å². The Hall–Kier alpha value is -0.150. The molecule has 1 saturated carbocycles. The van der Waals surface area contributed by atoms with E-state index in [0.29, 0.717) is 22.4 Å². The van der Waals surface area contributed by atoms with Gasteiger partial charge >= 0.3 is 0 Å². The minimum atomic E-state index is 0.340. The predicted molar refractivity (Wildman–Crippen MR) is 74.4 cm³/mol. The second kappa shape index (κ2) is 4.51. The van der Waals surface area contributed by atoms with Gasteiger partial charge in [0.1, 0.15) is 11.0 Å². The zero-order valence-corrected chi connectivity index (χ0v) is 13.1. The van der Waals surface area contributed by atoms with Crippen molar-refractivity contribution in [1.82, 2.24) is 9.97 Å². The molecule has 1 atom stereocenters. The molecular formula is C13H18BrClN2. The Morgan fingerprint density at radius 1 is 1.41 bits per heavy atom. The molecule has 4 heteroatoms. The second-order valence-corrected chi connectivity index (χ2v) is 7.13. The summed E-state index contributed by atoms with van der Waals surface area (Å²) in [4.78, 5) is 9.09. The normalized spacial score (nSPS) is 21.9. The molecule has 0 aromatic carbocycles. The molecule has 17 heavy (non-hydrogen) atoms. The van der Waals surface area contributed by atoms with Crippen LogP contribution in [0.1, 0.15) is 51.6 Å². The van der Waals surface area contributed by atoms with Gasteiger partial charge in [0, 0.05) is 5.92 Å². The third-order valence-corrected chi connectivity index (χ3v) is 4.66. The smallest absolute Gasteiger partial charge is 0.147 e. The molecule has 1 aliphatic carbocycles. The first-order chi connectivity index (χ1) is 7.81. The van der Waals surface area contributed by atoms with Crippen LogP contribution in [-0.4, -0.2) is 9.97 Å². The van der Waals surface area contributed by atoms with Gasteiger partial charge in [0.2, 0.25) is 0 Å². The highest BCUT2D eigenvalue weighted by Crippen LogP contribution is 2.57. The summed E-state index contributed by atoms with van der Waals surface area (Å²) in [6, 6.07) is 0. The summed E-state index contributed by atoms with van der Waals surface area (Å²) in [5.74, 6) is 1.95. The van der Waals surface area contributed by atoms with Gasteiger partial charge in [-0.1, -0.05) is 39.3 Å². The number of hydrogen-bond donors (Lipinski definition) is 0. The molecule has 2 nitrogen and oxygen atoms in total. The van der Waals surface area contributed by atoms with E-state index in [9.17, 15) is 0 Å². The van der Waals surface area contributed by atoms with E-state index >= 15 is 0 Å². The predicted octanol–water partition coefficient (Wildman–Crippen LogP) is 4.60. The maximum Gasteiger partial charge on any atom is 0.147 e. The molecule has 1 heterocycles. The first-order valence-electron chi connectivity index (χ1n) is 6.03. The molecule has 1 fully saturated rings. The number of nitrogens with zero attached hydrogens (tertiary/aromatic N) is 2. The van der Waals surface area contributed by atoms with Crippen molar-refractivity contribution in [3.63, 3.8) is 0 Å². The number of rotatable bonds is 3. The van der Waals surface area contributed by atoms with Crippen molar-refractivity contribution < 1.29 is 0 Å². The van der Waals surface area contributed by atoms with Crippen LogP contribution < -0.4 is 0 Å². The third-order valence-electron chi connectivity index (χ3n) is 3.32. The van der Waals surface area contributed by atoms with Crippen LogP contribution in [0.2, 0.25) is 5.15 Å². The molecule has 94 valence electrons. The summed E-state index contributed by atoms with van der Waals surface area (Å²) in [6.07, 6.45) is 2.09. The van der Waals surface area contributed by atoms with Crippen molar-refractivity contribution in [3.05, 3.63) is 21.1 Å². The van der Waals surface area contributed by atoms with Gasteiger partial charge in [-0.05, 0) is 40.1 Å². The largest absolute Gasteiger partial charge is 0.236 e. The monoisotopic (exact) mass is 316 g/mol. The van der Waals surface area contributed by atoms with E-state index in [1.807, 2.05) is 0 Å². The molecule has 0 bridgehead atoms. The highest BCUT2D eigenvalue weighted by Gasteiger charge is 2.48. The Morgan fingerprint density at radius 3 is 2.47 bits per heavy atom. The van der Waals surface area contributed by atoms with Gasteiger partial charge < -0.3 is 0 Å². The summed E-state index contributed by atoms with van der Waals surface area (Å²) in [5, 5.41) is 0.549. The van der Waals surface area contributed by atoms with Crippen LogP contribution >= 0.6 is 27.5 Å². The molecule has 0 N–H and O–H groups in total. The van der Waals surface area contributed by atoms with Gasteiger partial charge in [-0.25, -0.2) is 9.97 Å². The zero-order chi connectivity index (χ0) is 12.8. The molecule has 1 unspecified atom stereocenters. The Morgan fingerprint density at radius 2 is 2.00 bits per heavy atom. The lowest BCUT2D eigenvalue weighted by atomic mass is 10.1. The quantitative estimate of drug-likeness (QED) is 0.761. The molecule has 0 saturated heterocycles. The lowest BCUT2D eigenvalue weighted by Crippen LogP contribution is -2.05. The average molecular weight is 318 g/mol. The lowest BCUT2D eigenvalue weighted by molar-refractivity contribution is 0.596. The lowest BCUT2D eigenvalue weighted by Gasteiger charge is -2.10. The molecule has 2 rings (SSSR count).